The van der Waals surface area contributed by atoms with Crippen LogP contribution in [0.3, 0.4) is 0 Å². The summed E-state index contributed by atoms with van der Waals surface area (Å²) in [6.07, 6.45) is -4.36. The number of rotatable bonds is 5. The summed E-state index contributed by atoms with van der Waals surface area (Å²) in [6.45, 7) is 4.74. The van der Waals surface area contributed by atoms with Crippen molar-refractivity contribution in [3.8, 4) is 0 Å². The molecular weight excluding hydrogens is 363 g/mol. The molecule has 0 aromatic carbocycles. The van der Waals surface area contributed by atoms with Crippen molar-refractivity contribution in [1.82, 2.24) is 15.5 Å². The molecule has 1 amide bonds. The number of carbonyl (C=O) groups excluding carboxylic acids is 1. The van der Waals surface area contributed by atoms with E-state index in [1.54, 1.807) is 13.8 Å². The summed E-state index contributed by atoms with van der Waals surface area (Å²) in [5.74, 6) is -0.385. The van der Waals surface area contributed by atoms with Crippen molar-refractivity contribution in [2.75, 3.05) is 32.7 Å². The van der Waals surface area contributed by atoms with E-state index in [1.165, 1.54) is 16.2 Å². The van der Waals surface area contributed by atoms with E-state index in [9.17, 15) is 18.0 Å². The van der Waals surface area contributed by atoms with E-state index in [0.29, 0.717) is 26.2 Å². The summed E-state index contributed by atoms with van der Waals surface area (Å²) < 4.78 is 39.9. The van der Waals surface area contributed by atoms with Gasteiger partial charge in [-0.05, 0) is 25.3 Å². The van der Waals surface area contributed by atoms with Gasteiger partial charge in [0.05, 0.1) is 5.41 Å². The lowest BCUT2D eigenvalue weighted by molar-refractivity contribution is -0.184. The van der Waals surface area contributed by atoms with Crippen molar-refractivity contribution in [3.05, 3.63) is 22.4 Å². The zero-order chi connectivity index (χ0) is 17.1. The first-order valence-electron chi connectivity index (χ1n) is 7.56. The molecule has 2 heterocycles. The molecule has 2 N–H and O–H groups in total. The summed E-state index contributed by atoms with van der Waals surface area (Å²) in [4.78, 5) is 14.6. The third-order valence-corrected chi connectivity index (χ3v) is 5.32. The second kappa shape index (κ2) is 8.51. The highest BCUT2D eigenvalue weighted by Crippen LogP contribution is 2.28. The maximum atomic E-state index is 13.3. The fourth-order valence-corrected chi connectivity index (χ4v) is 3.45. The smallest absolute Gasteiger partial charge is 0.353 e. The van der Waals surface area contributed by atoms with Crippen LogP contribution in [-0.4, -0.2) is 55.7 Å². The van der Waals surface area contributed by atoms with Crippen LogP contribution in [0, 0.1) is 0 Å². The van der Waals surface area contributed by atoms with Gasteiger partial charge in [0.2, 0.25) is 5.91 Å². The Morgan fingerprint density at radius 3 is 2.50 bits per heavy atom. The van der Waals surface area contributed by atoms with E-state index in [2.05, 4.69) is 10.6 Å². The minimum absolute atomic E-state index is 0. The first-order chi connectivity index (χ1) is 10.7. The van der Waals surface area contributed by atoms with Crippen molar-refractivity contribution >= 4 is 29.7 Å². The van der Waals surface area contributed by atoms with Crippen LogP contribution in [0.25, 0.3) is 0 Å². The van der Waals surface area contributed by atoms with Gasteiger partial charge < -0.3 is 10.6 Å². The molecule has 24 heavy (non-hydrogen) atoms. The second-order valence-corrected chi connectivity index (χ2v) is 7.10. The van der Waals surface area contributed by atoms with Gasteiger partial charge in [-0.15, -0.1) is 23.7 Å². The number of nitrogens with one attached hydrogen (secondary N) is 2. The Hall–Kier alpha value is -0.830. The van der Waals surface area contributed by atoms with Gasteiger partial charge in [-0.25, -0.2) is 0 Å². The average molecular weight is 386 g/mol. The monoisotopic (exact) mass is 385 g/mol. The molecule has 9 heteroatoms. The van der Waals surface area contributed by atoms with Crippen LogP contribution in [0.15, 0.2) is 17.5 Å². The Balaban J connectivity index is 0.00000288. The van der Waals surface area contributed by atoms with Crippen LogP contribution in [0.2, 0.25) is 0 Å². The first kappa shape index (κ1) is 21.2. The van der Waals surface area contributed by atoms with E-state index in [-0.39, 0.29) is 18.3 Å². The normalized spacial score (nSPS) is 17.9. The van der Waals surface area contributed by atoms with Gasteiger partial charge in [-0.1, -0.05) is 6.07 Å². The number of nitrogens with zero attached hydrogens (tertiary/aromatic N) is 1. The number of alkyl halides is 3. The van der Waals surface area contributed by atoms with E-state index in [1.807, 2.05) is 17.5 Å². The third kappa shape index (κ3) is 5.08. The molecule has 0 saturated carbocycles. The molecule has 2 rings (SSSR count). The number of hydrogen-bond donors (Lipinski definition) is 2. The lowest BCUT2D eigenvalue weighted by Gasteiger charge is -2.36. The van der Waals surface area contributed by atoms with Crippen LogP contribution in [-0.2, 0) is 10.2 Å². The highest BCUT2D eigenvalue weighted by Gasteiger charge is 2.44. The van der Waals surface area contributed by atoms with Gasteiger partial charge >= 0.3 is 6.18 Å². The zero-order valence-corrected chi connectivity index (χ0v) is 15.3. The Kier molecular flexibility index (Phi) is 7.52. The van der Waals surface area contributed by atoms with Crippen molar-refractivity contribution in [2.45, 2.75) is 31.5 Å². The van der Waals surface area contributed by atoms with Gasteiger partial charge in [0.25, 0.3) is 0 Å². The number of halogens is 4. The van der Waals surface area contributed by atoms with E-state index in [0.717, 1.165) is 4.88 Å². The third-order valence-electron chi connectivity index (χ3n) is 4.13. The van der Waals surface area contributed by atoms with Gasteiger partial charge in [-0.2, -0.15) is 13.2 Å². The maximum absolute atomic E-state index is 13.3. The number of carbonyl (C=O) groups is 1. The SMILES string of the molecule is CC(C)(C(=O)NCC(N1CCNCC1)C(F)(F)F)c1cccs1.Cl. The molecule has 1 unspecified atom stereocenters. The summed E-state index contributed by atoms with van der Waals surface area (Å²) in [6, 6.07) is 2.00. The minimum atomic E-state index is -4.36. The molecule has 1 aliphatic heterocycles. The summed E-state index contributed by atoms with van der Waals surface area (Å²) in [7, 11) is 0. The van der Waals surface area contributed by atoms with Crippen molar-refractivity contribution in [1.29, 1.82) is 0 Å². The van der Waals surface area contributed by atoms with Crippen molar-refractivity contribution in [3.63, 3.8) is 0 Å². The Labute approximate surface area is 150 Å². The maximum Gasteiger partial charge on any atom is 0.405 e. The molecule has 1 fully saturated rings. The quantitative estimate of drug-likeness (QED) is 0.818. The second-order valence-electron chi connectivity index (χ2n) is 6.16. The molecule has 138 valence electrons. The lowest BCUT2D eigenvalue weighted by atomic mass is 9.90. The van der Waals surface area contributed by atoms with E-state index < -0.39 is 24.2 Å². The lowest BCUT2D eigenvalue weighted by Crippen LogP contribution is -2.58. The van der Waals surface area contributed by atoms with Gasteiger partial charge in [0.1, 0.15) is 6.04 Å². The van der Waals surface area contributed by atoms with Crippen molar-refractivity contribution < 1.29 is 18.0 Å². The number of hydrogen-bond acceptors (Lipinski definition) is 4. The van der Waals surface area contributed by atoms with Crippen LogP contribution in [0.1, 0.15) is 18.7 Å². The van der Waals surface area contributed by atoms with Crippen molar-refractivity contribution in [2.24, 2.45) is 0 Å². The Morgan fingerprint density at radius 2 is 2.00 bits per heavy atom. The highest BCUT2D eigenvalue weighted by atomic mass is 35.5. The minimum Gasteiger partial charge on any atom is -0.353 e. The predicted octanol–water partition coefficient (Wildman–Crippen LogP) is 2.40. The molecule has 1 atom stereocenters. The molecule has 0 radical (unpaired) electrons. The molecule has 4 nitrogen and oxygen atoms in total. The molecule has 1 aromatic heterocycles. The molecule has 0 aliphatic carbocycles. The molecule has 1 saturated heterocycles. The van der Waals surface area contributed by atoms with E-state index >= 15 is 0 Å². The molecule has 1 aromatic rings. The average Bonchev–Trinajstić information content (AvgIpc) is 3.02. The molecule has 1 aliphatic rings. The van der Waals surface area contributed by atoms with E-state index in [4.69, 9.17) is 0 Å². The van der Waals surface area contributed by atoms with Crippen LogP contribution in [0.5, 0.6) is 0 Å². The van der Waals surface area contributed by atoms with Crippen LogP contribution in [0.4, 0.5) is 13.2 Å². The number of piperazine rings is 1. The molecule has 0 bridgehead atoms. The van der Waals surface area contributed by atoms with Gasteiger partial charge in [-0.3, -0.25) is 9.69 Å². The molecule has 0 spiro atoms. The van der Waals surface area contributed by atoms with Crippen LogP contribution >= 0.6 is 23.7 Å². The first-order valence-corrected chi connectivity index (χ1v) is 8.44. The predicted molar refractivity (Wildman–Crippen MR) is 91.9 cm³/mol. The standard InChI is InChI=1S/C15H22F3N3OS.ClH/c1-14(2,12-4-3-9-23-12)13(22)20-10-11(15(16,17)18)21-7-5-19-6-8-21;/h3-4,9,11,19H,5-8,10H2,1-2H3,(H,20,22);1H. The zero-order valence-electron chi connectivity index (χ0n) is 13.7. The largest absolute Gasteiger partial charge is 0.405 e. The fourth-order valence-electron chi connectivity index (χ4n) is 2.60. The summed E-state index contributed by atoms with van der Waals surface area (Å²) >= 11 is 1.42. The Morgan fingerprint density at radius 1 is 1.38 bits per heavy atom. The highest BCUT2D eigenvalue weighted by molar-refractivity contribution is 7.10. The summed E-state index contributed by atoms with van der Waals surface area (Å²) in [5, 5.41) is 7.39. The fraction of sp³-hybridized carbons (Fsp3) is 0.667. The number of thiophene rings is 1. The topological polar surface area (TPSA) is 44.4 Å². The summed E-state index contributed by atoms with van der Waals surface area (Å²) in [5.41, 5.74) is -0.840. The number of amides is 1. The van der Waals surface area contributed by atoms with Gasteiger partial charge in [0, 0.05) is 37.6 Å². The Bertz CT molecular complexity index is 517. The van der Waals surface area contributed by atoms with Crippen LogP contribution < -0.4 is 10.6 Å². The van der Waals surface area contributed by atoms with Gasteiger partial charge in [0.15, 0.2) is 0 Å². The molecular formula is C15H23ClF3N3OS.